The van der Waals surface area contributed by atoms with Gasteiger partial charge in [0.15, 0.2) is 0 Å². The van der Waals surface area contributed by atoms with E-state index in [4.69, 9.17) is 0 Å². The summed E-state index contributed by atoms with van der Waals surface area (Å²) in [5, 5.41) is 9.45. The first-order valence-corrected chi connectivity index (χ1v) is 7.92. The highest BCUT2D eigenvalue weighted by Crippen LogP contribution is 2.35. The summed E-state index contributed by atoms with van der Waals surface area (Å²) in [6.45, 7) is 9.16. The Bertz CT molecular complexity index is 323. The number of hydrogen-bond donors (Lipinski definition) is 0. The largest absolute Gasteiger partial charge is 0.298 e. The summed E-state index contributed by atoms with van der Waals surface area (Å²) >= 11 is 0. The van der Waals surface area contributed by atoms with Crippen LogP contribution in [-0.2, 0) is 0 Å². The number of nitrogens with zero attached hydrogens (tertiary/aromatic N) is 3. The second kappa shape index (κ2) is 6.24. The third-order valence-electron chi connectivity index (χ3n) is 5.53. The van der Waals surface area contributed by atoms with Crippen molar-refractivity contribution >= 4 is 0 Å². The average molecular weight is 263 g/mol. The third-order valence-corrected chi connectivity index (χ3v) is 5.53. The van der Waals surface area contributed by atoms with Gasteiger partial charge in [0.2, 0.25) is 0 Å². The van der Waals surface area contributed by atoms with Crippen LogP contribution in [0.15, 0.2) is 0 Å². The van der Waals surface area contributed by atoms with Crippen molar-refractivity contribution in [2.24, 2.45) is 11.8 Å². The molecule has 2 aliphatic rings. The van der Waals surface area contributed by atoms with Gasteiger partial charge in [-0.3, -0.25) is 9.80 Å². The Balaban J connectivity index is 2.07. The van der Waals surface area contributed by atoms with E-state index in [0.29, 0.717) is 18.1 Å². The molecule has 0 amide bonds. The van der Waals surface area contributed by atoms with Crippen LogP contribution in [0.2, 0.25) is 0 Å². The van der Waals surface area contributed by atoms with Gasteiger partial charge in [0.1, 0.15) is 0 Å². The van der Waals surface area contributed by atoms with Crippen LogP contribution in [0, 0.1) is 23.2 Å². The van der Waals surface area contributed by atoms with E-state index >= 15 is 0 Å². The zero-order chi connectivity index (χ0) is 14.0. The fourth-order valence-corrected chi connectivity index (χ4v) is 3.87. The molecule has 0 aromatic rings. The molecule has 0 N–H and O–H groups in total. The van der Waals surface area contributed by atoms with Crippen molar-refractivity contribution in [3.63, 3.8) is 0 Å². The van der Waals surface area contributed by atoms with E-state index in [1.807, 2.05) is 0 Å². The highest BCUT2D eigenvalue weighted by atomic mass is 15.3. The lowest BCUT2D eigenvalue weighted by Gasteiger charge is -2.48. The molecule has 1 heterocycles. The summed E-state index contributed by atoms with van der Waals surface area (Å²) in [7, 11) is 2.23. The van der Waals surface area contributed by atoms with Gasteiger partial charge in [0.25, 0.3) is 0 Å². The van der Waals surface area contributed by atoms with E-state index in [1.54, 1.807) is 0 Å². The van der Waals surface area contributed by atoms with Crippen molar-refractivity contribution in [1.82, 2.24) is 9.80 Å². The summed E-state index contributed by atoms with van der Waals surface area (Å²) < 4.78 is 0. The van der Waals surface area contributed by atoms with Crippen LogP contribution in [0.3, 0.4) is 0 Å². The molecule has 1 aliphatic heterocycles. The summed E-state index contributed by atoms with van der Waals surface area (Å²) in [4.78, 5) is 5.09. The van der Waals surface area contributed by atoms with Crippen LogP contribution in [0.4, 0.5) is 0 Å². The van der Waals surface area contributed by atoms with E-state index in [-0.39, 0.29) is 5.92 Å². The molecule has 3 heteroatoms. The molecule has 0 bridgehead atoms. The van der Waals surface area contributed by atoms with Gasteiger partial charge in [0, 0.05) is 31.2 Å². The fraction of sp³-hybridized carbons (Fsp3) is 0.938. The molecule has 3 nitrogen and oxygen atoms in total. The van der Waals surface area contributed by atoms with Crippen molar-refractivity contribution < 1.29 is 0 Å². The molecule has 1 saturated carbocycles. The van der Waals surface area contributed by atoms with E-state index in [0.717, 1.165) is 25.4 Å². The zero-order valence-electron chi connectivity index (χ0n) is 13.0. The van der Waals surface area contributed by atoms with Gasteiger partial charge in [-0.15, -0.1) is 0 Å². The quantitative estimate of drug-likeness (QED) is 0.767. The summed E-state index contributed by atoms with van der Waals surface area (Å²) in [5.74, 6) is 1.09. The van der Waals surface area contributed by atoms with Crippen LogP contribution >= 0.6 is 0 Å². The van der Waals surface area contributed by atoms with E-state index < -0.39 is 0 Å². The topological polar surface area (TPSA) is 30.3 Å². The van der Waals surface area contributed by atoms with Gasteiger partial charge in [0.05, 0.1) is 12.0 Å². The summed E-state index contributed by atoms with van der Waals surface area (Å²) in [6, 6.07) is 4.29. The van der Waals surface area contributed by atoms with Gasteiger partial charge in [-0.05, 0) is 46.1 Å². The summed E-state index contributed by atoms with van der Waals surface area (Å²) in [5.41, 5.74) is 0. The molecule has 108 valence electrons. The highest BCUT2D eigenvalue weighted by molar-refractivity contribution is 4.99. The van der Waals surface area contributed by atoms with Crippen LogP contribution in [0.1, 0.15) is 46.5 Å². The molecule has 0 spiro atoms. The van der Waals surface area contributed by atoms with Crippen molar-refractivity contribution in [3.8, 4) is 6.07 Å². The predicted molar refractivity (Wildman–Crippen MR) is 78.8 cm³/mol. The lowest BCUT2D eigenvalue weighted by atomic mass is 9.76. The Morgan fingerprint density at radius 3 is 2.32 bits per heavy atom. The molecule has 0 aromatic heterocycles. The molecule has 1 aliphatic carbocycles. The monoisotopic (exact) mass is 263 g/mol. The first-order valence-electron chi connectivity index (χ1n) is 7.92. The van der Waals surface area contributed by atoms with E-state index in [2.05, 4.69) is 43.7 Å². The minimum Gasteiger partial charge on any atom is -0.298 e. The first-order chi connectivity index (χ1) is 9.06. The second-order valence-corrected chi connectivity index (χ2v) is 6.71. The minimum absolute atomic E-state index is 0.255. The standard InChI is InChI=1S/C16H29N3/c1-5-14-6-7-15(9-17)16(8-14)19-10-12(2)18(4)13(3)11-19/h12-16H,5-8,10-11H2,1-4H3. The number of nitriles is 1. The normalized spacial score (nSPS) is 41.9. The van der Waals surface area contributed by atoms with E-state index in [9.17, 15) is 5.26 Å². The molecule has 0 radical (unpaired) electrons. The first kappa shape index (κ1) is 14.8. The SMILES string of the molecule is CCC1CCC(C#N)C(N2CC(C)N(C)C(C)C2)C1. The maximum atomic E-state index is 9.45. The smallest absolute Gasteiger partial charge is 0.0672 e. The van der Waals surface area contributed by atoms with Gasteiger partial charge < -0.3 is 0 Å². The third kappa shape index (κ3) is 3.12. The van der Waals surface area contributed by atoms with Crippen molar-refractivity contribution in [3.05, 3.63) is 0 Å². The number of likely N-dealkylation sites (N-methyl/N-ethyl adjacent to an activating group) is 1. The molecule has 5 atom stereocenters. The van der Waals surface area contributed by atoms with Gasteiger partial charge in [-0.25, -0.2) is 0 Å². The maximum absolute atomic E-state index is 9.45. The average Bonchev–Trinajstić information content (AvgIpc) is 2.43. The van der Waals surface area contributed by atoms with Gasteiger partial charge in [-0.1, -0.05) is 13.3 Å². The lowest BCUT2D eigenvalue weighted by Crippen LogP contribution is -2.59. The van der Waals surface area contributed by atoms with Crippen molar-refractivity contribution in [2.45, 2.75) is 64.6 Å². The van der Waals surface area contributed by atoms with Crippen molar-refractivity contribution in [1.29, 1.82) is 5.26 Å². The van der Waals surface area contributed by atoms with Gasteiger partial charge in [-0.2, -0.15) is 5.26 Å². The zero-order valence-corrected chi connectivity index (χ0v) is 13.0. The van der Waals surface area contributed by atoms with Crippen LogP contribution in [-0.4, -0.2) is 48.1 Å². The fourth-order valence-electron chi connectivity index (χ4n) is 3.87. The van der Waals surface area contributed by atoms with E-state index in [1.165, 1.54) is 19.3 Å². The molecule has 2 rings (SSSR count). The Kier molecular flexibility index (Phi) is 4.86. The van der Waals surface area contributed by atoms with Gasteiger partial charge >= 0.3 is 0 Å². The molecular weight excluding hydrogens is 234 g/mol. The molecular formula is C16H29N3. The molecule has 1 saturated heterocycles. The molecule has 2 fully saturated rings. The summed E-state index contributed by atoms with van der Waals surface area (Å²) in [6.07, 6.45) is 4.87. The van der Waals surface area contributed by atoms with Crippen LogP contribution in [0.25, 0.3) is 0 Å². The van der Waals surface area contributed by atoms with Crippen LogP contribution in [0.5, 0.6) is 0 Å². The number of piperazine rings is 1. The Morgan fingerprint density at radius 2 is 1.79 bits per heavy atom. The highest BCUT2D eigenvalue weighted by Gasteiger charge is 2.37. The predicted octanol–water partition coefficient (Wildman–Crippen LogP) is 2.73. The number of rotatable bonds is 2. The Labute approximate surface area is 118 Å². The second-order valence-electron chi connectivity index (χ2n) is 6.71. The van der Waals surface area contributed by atoms with Crippen molar-refractivity contribution in [2.75, 3.05) is 20.1 Å². The Hall–Kier alpha value is -0.590. The van der Waals surface area contributed by atoms with Crippen LogP contribution < -0.4 is 0 Å². The minimum atomic E-state index is 0.255. The Morgan fingerprint density at radius 1 is 1.16 bits per heavy atom. The lowest BCUT2D eigenvalue weighted by molar-refractivity contribution is 0.00405. The maximum Gasteiger partial charge on any atom is 0.0672 e. The molecule has 5 unspecified atom stereocenters. The molecule has 19 heavy (non-hydrogen) atoms. The number of hydrogen-bond acceptors (Lipinski definition) is 3. The molecule has 0 aromatic carbocycles.